The van der Waals surface area contributed by atoms with Gasteiger partial charge in [-0.3, -0.25) is 0 Å². The van der Waals surface area contributed by atoms with E-state index in [1.165, 1.54) is 6.92 Å². The zero-order valence-corrected chi connectivity index (χ0v) is 3.14. The summed E-state index contributed by atoms with van der Waals surface area (Å²) in [5.41, 5.74) is 4.73. The normalized spacial score (nSPS) is 15.0. The van der Waals surface area contributed by atoms with E-state index in [0.717, 1.165) is 6.54 Å². The highest BCUT2D eigenvalue weighted by atomic mass is 16.3. The van der Waals surface area contributed by atoms with E-state index >= 15 is 0 Å². The van der Waals surface area contributed by atoms with Crippen LogP contribution in [-0.4, -0.2) is 6.10 Å². The maximum atomic E-state index is 9.72. The largest absolute Gasteiger partial charge is 0.324 e. The van der Waals surface area contributed by atoms with Gasteiger partial charge in [0.15, 0.2) is 0 Å². The quantitative estimate of drug-likeness (QED) is 0.464. The smallest absolute Gasteiger partial charge is 0.107 e. The van der Waals surface area contributed by atoms with Gasteiger partial charge in [0.05, 0.1) is 6.54 Å². The molecule has 0 aliphatic carbocycles. The van der Waals surface area contributed by atoms with Crippen molar-refractivity contribution in [3.05, 3.63) is 6.54 Å². The molecule has 0 fully saturated rings. The molecular weight excluding hydrogens is 66.0 g/mol. The molecule has 5 heavy (non-hydrogen) atoms. The molecule has 30 valence electrons. The monoisotopic (exact) mass is 73.1 g/mol. The van der Waals surface area contributed by atoms with Crippen LogP contribution in [0.15, 0.2) is 0 Å². The molecule has 0 aromatic rings. The Kier molecular flexibility index (Phi) is 2.14. The van der Waals surface area contributed by atoms with E-state index in [4.69, 9.17) is 5.73 Å². The van der Waals surface area contributed by atoms with Gasteiger partial charge in [-0.2, -0.15) is 0 Å². The van der Waals surface area contributed by atoms with E-state index in [1.54, 1.807) is 0 Å². The SMILES string of the molecule is CC([O])[CH]N. The van der Waals surface area contributed by atoms with Crippen molar-refractivity contribution in [2.75, 3.05) is 0 Å². The predicted octanol–water partition coefficient (Wildman–Crippen LogP) is -0.0741. The van der Waals surface area contributed by atoms with Gasteiger partial charge in [-0.1, -0.05) is 0 Å². The lowest BCUT2D eigenvalue weighted by Crippen LogP contribution is -2.05. The summed E-state index contributed by atoms with van der Waals surface area (Å²) in [5.74, 6) is 0. The van der Waals surface area contributed by atoms with Crippen molar-refractivity contribution in [3.63, 3.8) is 0 Å². The Balaban J connectivity index is 2.54. The second kappa shape index (κ2) is 2.18. The minimum atomic E-state index is -0.713. The van der Waals surface area contributed by atoms with E-state index < -0.39 is 6.10 Å². The second-order valence-electron chi connectivity index (χ2n) is 0.898. The Morgan fingerprint density at radius 2 is 2.20 bits per heavy atom. The zero-order chi connectivity index (χ0) is 4.28. The zero-order valence-electron chi connectivity index (χ0n) is 3.14. The van der Waals surface area contributed by atoms with Gasteiger partial charge in [0.25, 0.3) is 0 Å². The summed E-state index contributed by atoms with van der Waals surface area (Å²) in [6, 6.07) is 0. The Morgan fingerprint density at radius 3 is 2.20 bits per heavy atom. The molecule has 2 N–H and O–H groups in total. The van der Waals surface area contributed by atoms with Crippen molar-refractivity contribution < 1.29 is 5.11 Å². The van der Waals surface area contributed by atoms with Crippen molar-refractivity contribution in [1.82, 2.24) is 0 Å². The van der Waals surface area contributed by atoms with Crippen LogP contribution < -0.4 is 5.73 Å². The van der Waals surface area contributed by atoms with Crippen LogP contribution in [0.5, 0.6) is 0 Å². The number of hydrogen-bond donors (Lipinski definition) is 1. The van der Waals surface area contributed by atoms with E-state index in [0.29, 0.717) is 0 Å². The van der Waals surface area contributed by atoms with Gasteiger partial charge in [0.2, 0.25) is 0 Å². The average molecular weight is 73.1 g/mol. The summed E-state index contributed by atoms with van der Waals surface area (Å²) >= 11 is 0. The summed E-state index contributed by atoms with van der Waals surface area (Å²) in [5, 5.41) is 9.72. The first kappa shape index (κ1) is 4.92. The van der Waals surface area contributed by atoms with E-state index in [-0.39, 0.29) is 0 Å². The van der Waals surface area contributed by atoms with Gasteiger partial charge >= 0.3 is 0 Å². The first-order valence-electron chi connectivity index (χ1n) is 1.48. The van der Waals surface area contributed by atoms with Crippen LogP contribution in [0.3, 0.4) is 0 Å². The molecule has 2 radical (unpaired) electrons. The maximum absolute atomic E-state index is 9.72. The van der Waals surface area contributed by atoms with Gasteiger partial charge < -0.3 is 5.73 Å². The fourth-order valence-corrected chi connectivity index (χ4v) is 0. The van der Waals surface area contributed by atoms with E-state index in [1.807, 2.05) is 0 Å². The van der Waals surface area contributed by atoms with E-state index in [9.17, 15) is 5.11 Å². The predicted molar refractivity (Wildman–Crippen MR) is 18.6 cm³/mol. The van der Waals surface area contributed by atoms with Crippen LogP contribution in [0.2, 0.25) is 0 Å². The molecule has 0 rings (SSSR count). The molecule has 0 spiro atoms. The van der Waals surface area contributed by atoms with Crippen LogP contribution in [0, 0.1) is 6.54 Å². The third kappa shape index (κ3) is 3.92. The van der Waals surface area contributed by atoms with Gasteiger partial charge in [0.1, 0.15) is 6.10 Å². The maximum Gasteiger partial charge on any atom is 0.107 e. The van der Waals surface area contributed by atoms with E-state index in [2.05, 4.69) is 0 Å². The summed E-state index contributed by atoms with van der Waals surface area (Å²) in [4.78, 5) is 0. The molecule has 1 atom stereocenters. The Labute approximate surface area is 31.6 Å². The number of rotatable bonds is 1. The van der Waals surface area contributed by atoms with Crippen molar-refractivity contribution >= 4 is 0 Å². The Morgan fingerprint density at radius 1 is 2.00 bits per heavy atom. The lowest BCUT2D eigenvalue weighted by Gasteiger charge is -1.85. The number of nitrogens with two attached hydrogens (primary N) is 1. The average Bonchev–Trinajstić information content (AvgIpc) is 1.38. The molecule has 0 saturated carbocycles. The van der Waals surface area contributed by atoms with Gasteiger partial charge in [-0.25, -0.2) is 5.11 Å². The summed E-state index contributed by atoms with van der Waals surface area (Å²) in [7, 11) is 0. The Bertz CT molecular complexity index is 20.9. The Hall–Kier alpha value is -0.0800. The molecule has 0 saturated heterocycles. The summed E-state index contributed by atoms with van der Waals surface area (Å²) in [6.07, 6.45) is -0.713. The highest BCUT2D eigenvalue weighted by Crippen LogP contribution is 1.74. The minimum absolute atomic E-state index is 0.713. The lowest BCUT2D eigenvalue weighted by molar-refractivity contribution is 0.132. The van der Waals surface area contributed by atoms with Crippen molar-refractivity contribution in [2.45, 2.75) is 13.0 Å². The molecule has 1 unspecified atom stereocenters. The number of hydrogen-bond acceptors (Lipinski definition) is 1. The van der Waals surface area contributed by atoms with Crippen LogP contribution in [0.25, 0.3) is 0 Å². The highest BCUT2D eigenvalue weighted by molar-refractivity contribution is 4.58. The van der Waals surface area contributed by atoms with Gasteiger partial charge in [0, 0.05) is 0 Å². The van der Waals surface area contributed by atoms with Crippen molar-refractivity contribution in [3.8, 4) is 0 Å². The van der Waals surface area contributed by atoms with Crippen molar-refractivity contribution in [2.24, 2.45) is 5.73 Å². The van der Waals surface area contributed by atoms with Gasteiger partial charge in [-0.05, 0) is 6.92 Å². The van der Waals surface area contributed by atoms with Gasteiger partial charge in [-0.15, -0.1) is 0 Å². The third-order valence-electron chi connectivity index (χ3n) is 0.271. The lowest BCUT2D eigenvalue weighted by atomic mass is 10.4. The molecule has 0 aliphatic rings. The molecule has 0 aliphatic heterocycles. The molecule has 2 nitrogen and oxygen atoms in total. The fourth-order valence-electron chi connectivity index (χ4n) is 0. The minimum Gasteiger partial charge on any atom is -0.324 e. The fraction of sp³-hybridized carbons (Fsp3) is 0.667. The third-order valence-corrected chi connectivity index (χ3v) is 0.271. The summed E-state index contributed by atoms with van der Waals surface area (Å²) in [6.45, 7) is 2.60. The van der Waals surface area contributed by atoms with Crippen LogP contribution in [0.4, 0.5) is 0 Å². The summed E-state index contributed by atoms with van der Waals surface area (Å²) < 4.78 is 0. The topological polar surface area (TPSA) is 45.9 Å². The highest BCUT2D eigenvalue weighted by Gasteiger charge is 1.86. The standard InChI is InChI=1S/C3H7NO/c1-3(5)2-4/h2-3H,4H2,1H3. The first-order chi connectivity index (χ1) is 2.27. The van der Waals surface area contributed by atoms with Crippen LogP contribution in [0.1, 0.15) is 6.92 Å². The van der Waals surface area contributed by atoms with Crippen LogP contribution in [-0.2, 0) is 5.11 Å². The first-order valence-corrected chi connectivity index (χ1v) is 1.48. The van der Waals surface area contributed by atoms with Crippen molar-refractivity contribution in [1.29, 1.82) is 0 Å². The molecule has 0 aromatic carbocycles. The molecule has 0 bridgehead atoms. The molecule has 0 aromatic heterocycles. The second-order valence-corrected chi connectivity index (χ2v) is 0.898. The molecular formula is C3H7NO. The molecule has 0 amide bonds. The van der Waals surface area contributed by atoms with Crippen LogP contribution >= 0.6 is 0 Å². The molecule has 0 heterocycles. The molecule has 2 heteroatoms.